The number of aliphatic hydroxyl groups excluding tert-OH is 1. The number of β-amino-alcohol motifs (C(OH)–C–C–N with tert-alkyl or cyclic N) is 1. The number of benzene rings is 1. The molecule has 0 bridgehead atoms. The standard InChI is InChI=1S/C17H19F2N3O4/c18-11-1-2-16(14(19)7-11)25-10-13-8-15(21-26-13)17(24)20-4-6-22-5-3-12(23)9-22/h1-2,7-8,12,23H,3-6,9-10H2,(H,20,24)/t12-/m1/s1. The van der Waals surface area contributed by atoms with Crippen molar-refractivity contribution in [2.45, 2.75) is 19.1 Å². The maximum atomic E-state index is 13.5. The lowest BCUT2D eigenvalue weighted by atomic mass is 10.3. The number of ether oxygens (including phenoxy) is 1. The molecule has 9 heteroatoms. The molecule has 1 aliphatic heterocycles. The third-order valence-electron chi connectivity index (χ3n) is 4.02. The van der Waals surface area contributed by atoms with Crippen LogP contribution in [0.3, 0.4) is 0 Å². The molecule has 2 N–H and O–H groups in total. The molecule has 7 nitrogen and oxygen atoms in total. The Morgan fingerprint density at radius 2 is 2.27 bits per heavy atom. The molecule has 2 heterocycles. The van der Waals surface area contributed by atoms with Crippen molar-refractivity contribution in [2.75, 3.05) is 26.2 Å². The summed E-state index contributed by atoms with van der Waals surface area (Å²) in [6.45, 7) is 2.34. The predicted octanol–water partition coefficient (Wildman–Crippen LogP) is 1.33. The van der Waals surface area contributed by atoms with E-state index in [0.717, 1.165) is 19.0 Å². The molecule has 1 amide bonds. The molecule has 3 rings (SSSR count). The number of amides is 1. The van der Waals surface area contributed by atoms with Gasteiger partial charge in [0.2, 0.25) is 0 Å². The van der Waals surface area contributed by atoms with Gasteiger partial charge in [-0.05, 0) is 18.6 Å². The Morgan fingerprint density at radius 3 is 3.00 bits per heavy atom. The number of rotatable bonds is 7. The van der Waals surface area contributed by atoms with Crippen molar-refractivity contribution in [1.29, 1.82) is 0 Å². The summed E-state index contributed by atoms with van der Waals surface area (Å²) in [6, 6.07) is 4.37. The Kier molecular flexibility index (Phi) is 5.79. The second kappa shape index (κ2) is 8.24. The molecule has 1 aromatic heterocycles. The van der Waals surface area contributed by atoms with E-state index in [1.54, 1.807) is 0 Å². The van der Waals surface area contributed by atoms with E-state index >= 15 is 0 Å². The summed E-state index contributed by atoms with van der Waals surface area (Å²) in [5.41, 5.74) is 0.0876. The van der Waals surface area contributed by atoms with Crippen LogP contribution in [0.15, 0.2) is 28.8 Å². The number of carbonyl (C=O) groups is 1. The number of carbonyl (C=O) groups excluding carboxylic acids is 1. The van der Waals surface area contributed by atoms with Crippen LogP contribution < -0.4 is 10.1 Å². The summed E-state index contributed by atoms with van der Waals surface area (Å²) in [7, 11) is 0. The maximum Gasteiger partial charge on any atom is 0.273 e. The van der Waals surface area contributed by atoms with Gasteiger partial charge in [-0.3, -0.25) is 9.69 Å². The molecule has 0 unspecified atom stereocenters. The number of nitrogens with one attached hydrogen (secondary N) is 1. The Bertz CT molecular complexity index is 768. The summed E-state index contributed by atoms with van der Waals surface area (Å²) in [4.78, 5) is 14.1. The molecule has 2 aromatic rings. The van der Waals surface area contributed by atoms with Crippen molar-refractivity contribution in [3.8, 4) is 5.75 Å². The van der Waals surface area contributed by atoms with Crippen LogP contribution in [0.25, 0.3) is 0 Å². The molecule has 0 spiro atoms. The second-order valence-electron chi connectivity index (χ2n) is 6.04. The van der Waals surface area contributed by atoms with Crippen molar-refractivity contribution in [3.63, 3.8) is 0 Å². The molecule has 1 fully saturated rings. The third kappa shape index (κ3) is 4.77. The highest BCUT2D eigenvalue weighted by molar-refractivity contribution is 5.92. The van der Waals surface area contributed by atoms with Crippen molar-refractivity contribution in [2.24, 2.45) is 0 Å². The highest BCUT2D eigenvalue weighted by Gasteiger charge is 2.20. The van der Waals surface area contributed by atoms with E-state index in [9.17, 15) is 18.7 Å². The van der Waals surface area contributed by atoms with Gasteiger partial charge < -0.3 is 19.7 Å². The first-order chi connectivity index (χ1) is 12.5. The molecular formula is C17H19F2N3O4. The number of hydrogen-bond acceptors (Lipinski definition) is 6. The van der Waals surface area contributed by atoms with Crippen LogP contribution in [0, 0.1) is 11.6 Å². The molecule has 1 aromatic carbocycles. The number of aromatic nitrogens is 1. The van der Waals surface area contributed by atoms with Gasteiger partial charge in [0.15, 0.2) is 23.0 Å². The zero-order chi connectivity index (χ0) is 18.5. The Hall–Kier alpha value is -2.52. The predicted molar refractivity (Wildman–Crippen MR) is 86.6 cm³/mol. The molecule has 140 valence electrons. The summed E-state index contributed by atoms with van der Waals surface area (Å²) >= 11 is 0. The van der Waals surface area contributed by atoms with Crippen LogP contribution >= 0.6 is 0 Å². The van der Waals surface area contributed by atoms with E-state index in [1.165, 1.54) is 12.1 Å². The van der Waals surface area contributed by atoms with Crippen molar-refractivity contribution in [1.82, 2.24) is 15.4 Å². The second-order valence-corrected chi connectivity index (χ2v) is 6.04. The lowest BCUT2D eigenvalue weighted by Crippen LogP contribution is -2.34. The molecule has 1 atom stereocenters. The number of aliphatic hydroxyl groups is 1. The van der Waals surface area contributed by atoms with Crippen LogP contribution in [0.4, 0.5) is 8.78 Å². The molecule has 26 heavy (non-hydrogen) atoms. The van der Waals surface area contributed by atoms with Gasteiger partial charge in [0.05, 0.1) is 6.10 Å². The SMILES string of the molecule is O=C(NCCN1CC[C@@H](O)C1)c1cc(COc2ccc(F)cc2F)on1. The quantitative estimate of drug-likeness (QED) is 0.768. The first-order valence-electron chi connectivity index (χ1n) is 8.23. The van der Waals surface area contributed by atoms with Gasteiger partial charge >= 0.3 is 0 Å². The van der Waals surface area contributed by atoms with E-state index in [0.29, 0.717) is 25.7 Å². The van der Waals surface area contributed by atoms with E-state index < -0.39 is 17.5 Å². The molecule has 0 radical (unpaired) electrons. The Balaban J connectivity index is 1.45. The number of likely N-dealkylation sites (tertiary alicyclic amines) is 1. The van der Waals surface area contributed by atoms with Crippen molar-refractivity contribution < 1.29 is 27.9 Å². The minimum atomic E-state index is -0.825. The fourth-order valence-corrected chi connectivity index (χ4v) is 2.66. The van der Waals surface area contributed by atoms with Crippen molar-refractivity contribution >= 4 is 5.91 Å². The average Bonchev–Trinajstić information content (AvgIpc) is 3.23. The summed E-state index contributed by atoms with van der Waals surface area (Å²) < 4.78 is 36.5. The average molecular weight is 367 g/mol. The summed E-state index contributed by atoms with van der Waals surface area (Å²) in [5, 5.41) is 15.8. The Labute approximate surface area is 148 Å². The molecular weight excluding hydrogens is 348 g/mol. The highest BCUT2D eigenvalue weighted by atomic mass is 19.1. The van der Waals surface area contributed by atoms with Gasteiger partial charge in [0, 0.05) is 38.3 Å². The number of halogens is 2. The van der Waals surface area contributed by atoms with Gasteiger partial charge in [0.25, 0.3) is 5.91 Å². The molecule has 1 aliphatic rings. The summed E-state index contributed by atoms with van der Waals surface area (Å²) in [6.07, 6.45) is 0.449. The van der Waals surface area contributed by atoms with Crippen LogP contribution in [0.5, 0.6) is 5.75 Å². The van der Waals surface area contributed by atoms with Gasteiger partial charge in [-0.15, -0.1) is 0 Å². The zero-order valence-corrected chi connectivity index (χ0v) is 14.0. The Morgan fingerprint density at radius 1 is 1.42 bits per heavy atom. The minimum absolute atomic E-state index is 0.0876. The van der Waals surface area contributed by atoms with Gasteiger partial charge in [-0.1, -0.05) is 5.16 Å². The first-order valence-corrected chi connectivity index (χ1v) is 8.23. The van der Waals surface area contributed by atoms with Gasteiger partial charge in [-0.25, -0.2) is 8.78 Å². The molecule has 0 aliphatic carbocycles. The fourth-order valence-electron chi connectivity index (χ4n) is 2.66. The van der Waals surface area contributed by atoms with Crippen LogP contribution in [0.1, 0.15) is 22.7 Å². The smallest absolute Gasteiger partial charge is 0.273 e. The van der Waals surface area contributed by atoms with Gasteiger partial charge in [-0.2, -0.15) is 0 Å². The van der Waals surface area contributed by atoms with Crippen molar-refractivity contribution in [3.05, 3.63) is 47.4 Å². The van der Waals surface area contributed by atoms with E-state index in [2.05, 4.69) is 15.4 Å². The first kappa shape index (κ1) is 18.3. The van der Waals surface area contributed by atoms with E-state index in [-0.39, 0.29) is 29.9 Å². The monoisotopic (exact) mass is 367 g/mol. The highest BCUT2D eigenvalue weighted by Crippen LogP contribution is 2.19. The van der Waals surface area contributed by atoms with E-state index in [1.807, 2.05) is 0 Å². The fraction of sp³-hybridized carbons (Fsp3) is 0.412. The van der Waals surface area contributed by atoms with E-state index in [4.69, 9.17) is 9.26 Å². The normalized spacial score (nSPS) is 17.4. The molecule has 0 saturated carbocycles. The maximum absolute atomic E-state index is 13.5. The van der Waals surface area contributed by atoms with Crippen LogP contribution in [-0.4, -0.2) is 53.4 Å². The lowest BCUT2D eigenvalue weighted by Gasteiger charge is -2.14. The van der Waals surface area contributed by atoms with Crippen LogP contribution in [-0.2, 0) is 6.61 Å². The summed E-state index contributed by atoms with van der Waals surface area (Å²) in [5.74, 6) is -1.80. The largest absolute Gasteiger partial charge is 0.482 e. The zero-order valence-electron chi connectivity index (χ0n) is 14.0. The number of nitrogens with zero attached hydrogens (tertiary/aromatic N) is 2. The third-order valence-corrected chi connectivity index (χ3v) is 4.02. The van der Waals surface area contributed by atoms with Crippen LogP contribution in [0.2, 0.25) is 0 Å². The number of hydrogen-bond donors (Lipinski definition) is 2. The lowest BCUT2D eigenvalue weighted by molar-refractivity contribution is 0.0939. The van der Waals surface area contributed by atoms with Gasteiger partial charge in [0.1, 0.15) is 12.4 Å². The molecule has 1 saturated heterocycles. The topological polar surface area (TPSA) is 87.8 Å². The minimum Gasteiger partial charge on any atom is -0.482 e.